The molecule has 0 bridgehead atoms. The molecule has 1 aliphatic heterocycles. The second-order valence-corrected chi connectivity index (χ2v) is 7.79. The Bertz CT molecular complexity index is 762. The predicted octanol–water partition coefficient (Wildman–Crippen LogP) is 3.08. The van der Waals surface area contributed by atoms with Gasteiger partial charge in [-0.15, -0.1) is 0 Å². The van der Waals surface area contributed by atoms with E-state index in [1.165, 1.54) is 16.7 Å². The third-order valence-electron chi connectivity index (χ3n) is 5.31. The van der Waals surface area contributed by atoms with Crippen molar-refractivity contribution in [2.75, 3.05) is 32.9 Å². The summed E-state index contributed by atoms with van der Waals surface area (Å²) < 4.78 is 11.3. The van der Waals surface area contributed by atoms with E-state index < -0.39 is 5.60 Å². The van der Waals surface area contributed by atoms with Gasteiger partial charge in [-0.3, -0.25) is 4.90 Å². The smallest absolute Gasteiger partial charge is 0.119 e. The first kappa shape index (κ1) is 20.6. The monoisotopic (exact) mass is 385 g/mol. The van der Waals surface area contributed by atoms with Crippen LogP contribution >= 0.6 is 0 Å². The molecule has 1 heterocycles. The highest BCUT2D eigenvalue weighted by atomic mass is 16.5. The fraction of sp³-hybridized carbons (Fsp3) is 0.478. The summed E-state index contributed by atoms with van der Waals surface area (Å²) in [6, 6.07) is 14.0. The van der Waals surface area contributed by atoms with Crippen LogP contribution in [-0.2, 0) is 6.54 Å². The maximum absolute atomic E-state index is 11.0. The molecule has 0 amide bonds. The zero-order chi connectivity index (χ0) is 20.0. The molecule has 1 aliphatic rings. The average Bonchev–Trinajstić information content (AvgIpc) is 2.68. The van der Waals surface area contributed by atoms with Gasteiger partial charge in [0.25, 0.3) is 0 Å². The average molecular weight is 386 g/mol. The molecule has 1 saturated heterocycles. The van der Waals surface area contributed by atoms with Crippen LogP contribution < -0.4 is 9.47 Å². The summed E-state index contributed by atoms with van der Waals surface area (Å²) in [7, 11) is 0. The lowest BCUT2D eigenvalue weighted by atomic mass is 9.93. The molecule has 2 aromatic rings. The molecule has 0 aliphatic carbocycles. The highest BCUT2D eigenvalue weighted by Gasteiger charge is 2.34. The number of aliphatic hydroxyl groups is 2. The van der Waals surface area contributed by atoms with Crippen molar-refractivity contribution in [1.82, 2.24) is 4.90 Å². The molecule has 1 atom stereocenters. The lowest BCUT2D eigenvalue weighted by molar-refractivity contribution is -0.0621. The molecule has 5 nitrogen and oxygen atoms in total. The van der Waals surface area contributed by atoms with Gasteiger partial charge < -0.3 is 19.7 Å². The molecule has 5 heteroatoms. The number of likely N-dealkylation sites (tertiary alicyclic amines) is 1. The molecule has 2 aromatic carbocycles. The van der Waals surface area contributed by atoms with E-state index in [2.05, 4.69) is 24.8 Å². The molecule has 1 unspecified atom stereocenters. The number of ether oxygens (including phenoxy) is 2. The second-order valence-electron chi connectivity index (χ2n) is 7.79. The number of rotatable bonds is 8. The summed E-state index contributed by atoms with van der Waals surface area (Å²) in [5.41, 5.74) is 2.78. The van der Waals surface area contributed by atoms with Gasteiger partial charge in [0.1, 0.15) is 30.3 Å². The van der Waals surface area contributed by atoms with Crippen LogP contribution in [0.15, 0.2) is 42.5 Å². The van der Waals surface area contributed by atoms with Crippen molar-refractivity contribution in [3.05, 3.63) is 59.2 Å². The quantitative estimate of drug-likeness (QED) is 0.731. The van der Waals surface area contributed by atoms with E-state index in [0.717, 1.165) is 37.4 Å². The van der Waals surface area contributed by atoms with E-state index in [4.69, 9.17) is 14.6 Å². The first-order valence-corrected chi connectivity index (χ1v) is 9.95. The van der Waals surface area contributed by atoms with E-state index in [0.29, 0.717) is 19.8 Å². The minimum atomic E-state index is -0.832. The van der Waals surface area contributed by atoms with Gasteiger partial charge >= 0.3 is 0 Å². The molecular formula is C23H31NO4. The molecule has 0 saturated carbocycles. The van der Waals surface area contributed by atoms with Gasteiger partial charge in [-0.1, -0.05) is 18.2 Å². The van der Waals surface area contributed by atoms with Gasteiger partial charge in [-0.05, 0) is 74.2 Å². The first-order chi connectivity index (χ1) is 13.5. The summed E-state index contributed by atoms with van der Waals surface area (Å²) in [4.78, 5) is 2.27. The van der Waals surface area contributed by atoms with Gasteiger partial charge in [-0.25, -0.2) is 0 Å². The zero-order valence-corrected chi connectivity index (χ0v) is 16.9. The van der Waals surface area contributed by atoms with Crippen molar-refractivity contribution in [3.8, 4) is 11.5 Å². The van der Waals surface area contributed by atoms with Crippen LogP contribution in [0.2, 0.25) is 0 Å². The number of hydrogen-bond acceptors (Lipinski definition) is 5. The summed E-state index contributed by atoms with van der Waals surface area (Å²) in [5.74, 6) is 1.57. The van der Waals surface area contributed by atoms with E-state index in [-0.39, 0.29) is 6.61 Å². The van der Waals surface area contributed by atoms with E-state index in [9.17, 15) is 5.11 Å². The van der Waals surface area contributed by atoms with Crippen molar-refractivity contribution >= 4 is 0 Å². The fourth-order valence-corrected chi connectivity index (χ4v) is 3.59. The zero-order valence-electron chi connectivity index (χ0n) is 16.9. The Kier molecular flexibility index (Phi) is 6.94. The second kappa shape index (κ2) is 9.41. The lowest BCUT2D eigenvalue weighted by Gasteiger charge is -2.39. The molecule has 0 radical (unpaired) electrons. The molecule has 0 spiro atoms. The number of nitrogens with zero attached hydrogens (tertiary/aromatic N) is 1. The molecule has 152 valence electrons. The first-order valence-electron chi connectivity index (χ1n) is 9.95. The Hall–Kier alpha value is -2.08. The van der Waals surface area contributed by atoms with Crippen molar-refractivity contribution in [2.24, 2.45) is 0 Å². The van der Waals surface area contributed by atoms with Crippen LogP contribution in [0.4, 0.5) is 0 Å². The Morgan fingerprint density at radius 3 is 2.46 bits per heavy atom. The largest absolute Gasteiger partial charge is 0.491 e. The Labute approximate surface area is 167 Å². The molecule has 2 N–H and O–H groups in total. The summed E-state index contributed by atoms with van der Waals surface area (Å²) in [6.45, 7) is 7.12. The Balaban J connectivity index is 1.54. The van der Waals surface area contributed by atoms with Gasteiger partial charge in [0.2, 0.25) is 0 Å². The number of aryl methyl sites for hydroxylation is 2. The van der Waals surface area contributed by atoms with Gasteiger partial charge in [0, 0.05) is 13.1 Å². The topological polar surface area (TPSA) is 62.2 Å². The predicted molar refractivity (Wildman–Crippen MR) is 110 cm³/mol. The van der Waals surface area contributed by atoms with Crippen LogP contribution in [0.1, 0.15) is 29.5 Å². The molecule has 1 fully saturated rings. The van der Waals surface area contributed by atoms with Crippen molar-refractivity contribution < 1.29 is 19.7 Å². The van der Waals surface area contributed by atoms with Crippen LogP contribution in [0, 0.1) is 13.8 Å². The van der Waals surface area contributed by atoms with Gasteiger partial charge in [-0.2, -0.15) is 0 Å². The maximum Gasteiger partial charge on any atom is 0.119 e. The standard InChI is InChI=1S/C23H31NO4/c1-18-4-7-22(14-19(18)2)28-17-23(26)10-3-11-24(16-23)15-20-5-8-21(9-6-20)27-13-12-25/h4-9,14,25-26H,3,10-13,15-17H2,1-2H3. The Morgan fingerprint density at radius 2 is 1.75 bits per heavy atom. The number of piperidine rings is 1. The van der Waals surface area contributed by atoms with Crippen molar-refractivity contribution in [1.29, 1.82) is 0 Å². The van der Waals surface area contributed by atoms with Crippen LogP contribution in [0.25, 0.3) is 0 Å². The van der Waals surface area contributed by atoms with E-state index in [1.54, 1.807) is 0 Å². The maximum atomic E-state index is 11.0. The third kappa shape index (κ3) is 5.71. The minimum absolute atomic E-state index is 0.0122. The Morgan fingerprint density at radius 1 is 1.00 bits per heavy atom. The number of benzene rings is 2. The summed E-state index contributed by atoms with van der Waals surface area (Å²) in [5, 5.41) is 19.9. The number of hydrogen-bond donors (Lipinski definition) is 2. The molecule has 0 aromatic heterocycles. The number of β-amino-alcohol motifs (C(OH)–C–C–N with tert-alkyl or cyclic N) is 1. The highest BCUT2D eigenvalue weighted by molar-refractivity contribution is 5.34. The number of aliphatic hydroxyl groups excluding tert-OH is 1. The highest BCUT2D eigenvalue weighted by Crippen LogP contribution is 2.25. The van der Waals surface area contributed by atoms with Crippen LogP contribution in [0.3, 0.4) is 0 Å². The van der Waals surface area contributed by atoms with Crippen LogP contribution in [-0.4, -0.2) is 53.6 Å². The molecular weight excluding hydrogens is 354 g/mol. The fourth-order valence-electron chi connectivity index (χ4n) is 3.59. The summed E-state index contributed by atoms with van der Waals surface area (Å²) in [6.07, 6.45) is 1.70. The van der Waals surface area contributed by atoms with E-state index in [1.807, 2.05) is 36.4 Å². The third-order valence-corrected chi connectivity index (χ3v) is 5.31. The lowest BCUT2D eigenvalue weighted by Crippen LogP contribution is -2.51. The van der Waals surface area contributed by atoms with Gasteiger partial charge in [0.05, 0.1) is 6.61 Å². The molecule has 3 rings (SSSR count). The van der Waals surface area contributed by atoms with Crippen LogP contribution in [0.5, 0.6) is 11.5 Å². The van der Waals surface area contributed by atoms with Crippen molar-refractivity contribution in [3.63, 3.8) is 0 Å². The minimum Gasteiger partial charge on any atom is -0.491 e. The molecule has 28 heavy (non-hydrogen) atoms. The SMILES string of the molecule is Cc1ccc(OCC2(O)CCCN(Cc3ccc(OCCO)cc3)C2)cc1C. The summed E-state index contributed by atoms with van der Waals surface area (Å²) >= 11 is 0. The van der Waals surface area contributed by atoms with E-state index >= 15 is 0 Å². The van der Waals surface area contributed by atoms with Gasteiger partial charge in [0.15, 0.2) is 0 Å². The normalized spacial score (nSPS) is 20.1. The van der Waals surface area contributed by atoms with Crippen molar-refractivity contribution in [2.45, 2.75) is 38.8 Å².